The molecule has 1 fully saturated rings. The number of hydrogen-bond donors (Lipinski definition) is 1. The highest BCUT2D eigenvalue weighted by Crippen LogP contribution is 2.10. The van der Waals surface area contributed by atoms with Crippen LogP contribution in [0.25, 0.3) is 0 Å². The molecule has 1 atom stereocenters. The first-order valence-corrected chi connectivity index (χ1v) is 5.32. The van der Waals surface area contributed by atoms with Crippen LogP contribution in [-0.2, 0) is 11.3 Å². The molecule has 0 saturated carbocycles. The van der Waals surface area contributed by atoms with Crippen molar-refractivity contribution in [1.29, 1.82) is 0 Å². The SMILES string of the molecule is Cc1cc(CNC2CCOC2)ccc1F. The Morgan fingerprint density at radius 2 is 2.40 bits per heavy atom. The summed E-state index contributed by atoms with van der Waals surface area (Å²) in [4.78, 5) is 0. The molecular formula is C12H16FNO. The van der Waals surface area contributed by atoms with E-state index in [0.29, 0.717) is 11.6 Å². The monoisotopic (exact) mass is 209 g/mol. The third kappa shape index (κ3) is 2.76. The van der Waals surface area contributed by atoms with Gasteiger partial charge in [0.1, 0.15) is 5.82 Å². The fraction of sp³-hybridized carbons (Fsp3) is 0.500. The van der Waals surface area contributed by atoms with Crippen LogP contribution >= 0.6 is 0 Å². The van der Waals surface area contributed by atoms with Crippen molar-refractivity contribution >= 4 is 0 Å². The summed E-state index contributed by atoms with van der Waals surface area (Å²) in [6, 6.07) is 5.69. The van der Waals surface area contributed by atoms with E-state index in [2.05, 4.69) is 5.32 Å². The van der Waals surface area contributed by atoms with E-state index in [4.69, 9.17) is 4.74 Å². The first kappa shape index (κ1) is 10.6. The zero-order chi connectivity index (χ0) is 10.7. The lowest BCUT2D eigenvalue weighted by molar-refractivity contribution is 0.190. The van der Waals surface area contributed by atoms with Crippen molar-refractivity contribution in [2.45, 2.75) is 25.9 Å². The summed E-state index contributed by atoms with van der Waals surface area (Å²) in [5.74, 6) is -0.136. The summed E-state index contributed by atoms with van der Waals surface area (Å²) in [5.41, 5.74) is 1.83. The Bertz CT molecular complexity index is 334. The Kier molecular flexibility index (Phi) is 3.34. The predicted octanol–water partition coefficient (Wildman–Crippen LogP) is 2.01. The average molecular weight is 209 g/mol. The quantitative estimate of drug-likeness (QED) is 0.822. The average Bonchev–Trinajstić information content (AvgIpc) is 2.73. The minimum Gasteiger partial charge on any atom is -0.380 e. The highest BCUT2D eigenvalue weighted by atomic mass is 19.1. The fourth-order valence-electron chi connectivity index (χ4n) is 1.77. The van der Waals surface area contributed by atoms with Gasteiger partial charge in [0.25, 0.3) is 0 Å². The second-order valence-corrected chi connectivity index (χ2v) is 4.02. The first-order valence-electron chi connectivity index (χ1n) is 5.32. The van der Waals surface area contributed by atoms with Crippen molar-refractivity contribution in [1.82, 2.24) is 5.32 Å². The van der Waals surface area contributed by atoms with Crippen molar-refractivity contribution in [3.8, 4) is 0 Å². The Labute approximate surface area is 89.4 Å². The van der Waals surface area contributed by atoms with Crippen LogP contribution in [0.1, 0.15) is 17.5 Å². The van der Waals surface area contributed by atoms with Gasteiger partial charge in [-0.3, -0.25) is 0 Å². The second-order valence-electron chi connectivity index (χ2n) is 4.02. The highest BCUT2D eigenvalue weighted by molar-refractivity contribution is 5.23. The van der Waals surface area contributed by atoms with E-state index < -0.39 is 0 Å². The fourth-order valence-corrected chi connectivity index (χ4v) is 1.77. The molecule has 0 spiro atoms. The predicted molar refractivity (Wildman–Crippen MR) is 57.2 cm³/mol. The number of hydrogen-bond acceptors (Lipinski definition) is 2. The van der Waals surface area contributed by atoms with Gasteiger partial charge in [-0.1, -0.05) is 12.1 Å². The molecule has 1 heterocycles. The molecule has 0 aromatic heterocycles. The van der Waals surface area contributed by atoms with Gasteiger partial charge in [0.05, 0.1) is 6.61 Å². The lowest BCUT2D eigenvalue weighted by atomic mass is 10.1. The van der Waals surface area contributed by atoms with Gasteiger partial charge in [0, 0.05) is 19.2 Å². The van der Waals surface area contributed by atoms with Gasteiger partial charge >= 0.3 is 0 Å². The topological polar surface area (TPSA) is 21.3 Å². The molecule has 1 N–H and O–H groups in total. The molecule has 1 saturated heterocycles. The summed E-state index contributed by atoms with van der Waals surface area (Å²) in [5, 5.41) is 3.40. The Balaban J connectivity index is 1.90. The zero-order valence-corrected chi connectivity index (χ0v) is 8.92. The molecule has 0 radical (unpaired) electrons. The van der Waals surface area contributed by atoms with Crippen LogP contribution < -0.4 is 5.32 Å². The number of ether oxygens (including phenoxy) is 1. The van der Waals surface area contributed by atoms with Gasteiger partial charge < -0.3 is 10.1 Å². The van der Waals surface area contributed by atoms with Gasteiger partial charge in [0.2, 0.25) is 0 Å². The Morgan fingerprint density at radius 3 is 3.07 bits per heavy atom. The van der Waals surface area contributed by atoms with Gasteiger partial charge in [-0.05, 0) is 30.5 Å². The number of benzene rings is 1. The van der Waals surface area contributed by atoms with Crippen molar-refractivity contribution < 1.29 is 9.13 Å². The van der Waals surface area contributed by atoms with E-state index >= 15 is 0 Å². The van der Waals surface area contributed by atoms with Crippen molar-refractivity contribution in [3.63, 3.8) is 0 Å². The molecule has 82 valence electrons. The van der Waals surface area contributed by atoms with Crippen LogP contribution in [0.3, 0.4) is 0 Å². The smallest absolute Gasteiger partial charge is 0.126 e. The molecule has 3 heteroatoms. The van der Waals surface area contributed by atoms with E-state index in [1.165, 1.54) is 6.07 Å². The second kappa shape index (κ2) is 4.73. The maximum absolute atomic E-state index is 13.0. The molecule has 2 rings (SSSR count). The summed E-state index contributed by atoms with van der Waals surface area (Å²) in [6.45, 7) is 4.22. The number of halogens is 1. The van der Waals surface area contributed by atoms with Crippen LogP contribution in [-0.4, -0.2) is 19.3 Å². The maximum Gasteiger partial charge on any atom is 0.126 e. The molecule has 0 aliphatic carbocycles. The van der Waals surface area contributed by atoms with E-state index in [9.17, 15) is 4.39 Å². The molecular weight excluding hydrogens is 193 g/mol. The molecule has 0 bridgehead atoms. The van der Waals surface area contributed by atoms with E-state index in [0.717, 1.165) is 31.7 Å². The molecule has 1 aliphatic heterocycles. The first-order chi connectivity index (χ1) is 7.25. The third-order valence-corrected chi connectivity index (χ3v) is 2.75. The van der Waals surface area contributed by atoms with Crippen LogP contribution in [0.4, 0.5) is 4.39 Å². The molecule has 1 aliphatic rings. The maximum atomic E-state index is 13.0. The molecule has 15 heavy (non-hydrogen) atoms. The van der Waals surface area contributed by atoms with Crippen molar-refractivity contribution in [2.24, 2.45) is 0 Å². The molecule has 2 nitrogen and oxygen atoms in total. The minimum atomic E-state index is -0.136. The molecule has 1 unspecified atom stereocenters. The standard InChI is InChI=1S/C12H16FNO/c1-9-6-10(2-3-12(9)13)7-14-11-4-5-15-8-11/h2-3,6,11,14H,4-5,7-8H2,1H3. The number of nitrogens with one attached hydrogen (secondary N) is 1. The lowest BCUT2D eigenvalue weighted by Crippen LogP contribution is -2.28. The molecule has 1 aromatic carbocycles. The highest BCUT2D eigenvalue weighted by Gasteiger charge is 2.14. The van der Waals surface area contributed by atoms with Crippen molar-refractivity contribution in [2.75, 3.05) is 13.2 Å². The normalized spacial score (nSPS) is 20.8. The van der Waals surface area contributed by atoms with Crippen LogP contribution in [0.2, 0.25) is 0 Å². The molecule has 0 amide bonds. The zero-order valence-electron chi connectivity index (χ0n) is 8.92. The Hall–Kier alpha value is -0.930. The van der Waals surface area contributed by atoms with Crippen LogP contribution in [0.15, 0.2) is 18.2 Å². The largest absolute Gasteiger partial charge is 0.380 e. The summed E-state index contributed by atoms with van der Waals surface area (Å²) < 4.78 is 18.3. The summed E-state index contributed by atoms with van der Waals surface area (Å²) >= 11 is 0. The number of aryl methyl sites for hydroxylation is 1. The molecule has 1 aromatic rings. The van der Waals surface area contributed by atoms with Gasteiger partial charge in [-0.15, -0.1) is 0 Å². The summed E-state index contributed by atoms with van der Waals surface area (Å²) in [6.07, 6.45) is 1.07. The van der Waals surface area contributed by atoms with Gasteiger partial charge in [0.15, 0.2) is 0 Å². The van der Waals surface area contributed by atoms with Gasteiger partial charge in [-0.2, -0.15) is 0 Å². The third-order valence-electron chi connectivity index (χ3n) is 2.75. The van der Waals surface area contributed by atoms with Crippen LogP contribution in [0, 0.1) is 12.7 Å². The lowest BCUT2D eigenvalue weighted by Gasteiger charge is -2.10. The van der Waals surface area contributed by atoms with E-state index in [-0.39, 0.29) is 5.82 Å². The van der Waals surface area contributed by atoms with Crippen molar-refractivity contribution in [3.05, 3.63) is 35.1 Å². The van der Waals surface area contributed by atoms with E-state index in [1.54, 1.807) is 6.92 Å². The summed E-state index contributed by atoms with van der Waals surface area (Å²) in [7, 11) is 0. The Morgan fingerprint density at radius 1 is 1.53 bits per heavy atom. The van der Waals surface area contributed by atoms with Crippen LogP contribution in [0.5, 0.6) is 0 Å². The van der Waals surface area contributed by atoms with Gasteiger partial charge in [-0.25, -0.2) is 4.39 Å². The van der Waals surface area contributed by atoms with E-state index in [1.807, 2.05) is 12.1 Å². The number of rotatable bonds is 3. The minimum absolute atomic E-state index is 0.136.